The molecule has 2 aliphatic rings. The van der Waals surface area contributed by atoms with Gasteiger partial charge in [0.05, 0.1) is 35.7 Å². The van der Waals surface area contributed by atoms with Crippen LogP contribution in [-0.2, 0) is 49.1 Å². The van der Waals surface area contributed by atoms with Crippen LogP contribution >= 0.6 is 34.8 Å². The van der Waals surface area contributed by atoms with Crippen LogP contribution in [0.1, 0.15) is 89.7 Å². The van der Waals surface area contributed by atoms with E-state index in [0.29, 0.717) is 81.6 Å². The number of aromatic nitrogens is 6. The second kappa shape index (κ2) is 23.7. The fourth-order valence-corrected chi connectivity index (χ4v) is 10.1. The molecule has 3 aromatic carbocycles. The Morgan fingerprint density at radius 1 is 0.632 bits per heavy atom. The number of hydrogen-bond acceptors (Lipinski definition) is 11. The average Bonchev–Trinajstić information content (AvgIpc) is 3.92. The van der Waals surface area contributed by atoms with E-state index in [0.717, 1.165) is 55.6 Å². The normalized spacial score (nSPS) is 16.0. The lowest BCUT2D eigenvalue weighted by molar-refractivity contribution is 0.0488. The number of carbonyl (C=O) groups excluding carboxylic acids is 2. The first kappa shape index (κ1) is 55.5. The molecule has 0 bridgehead atoms. The molecule has 17 nitrogen and oxygen atoms in total. The molecule has 0 aliphatic carbocycles. The lowest BCUT2D eigenvalue weighted by Crippen LogP contribution is -2.49. The Morgan fingerprint density at radius 3 is 1.49 bits per heavy atom. The third-order valence-electron chi connectivity index (χ3n) is 13.1. The number of carbonyl (C=O) groups is 2. The van der Waals surface area contributed by atoms with Gasteiger partial charge in [-0.05, 0) is 115 Å². The number of benzene rings is 3. The van der Waals surface area contributed by atoms with Crippen molar-refractivity contribution >= 4 is 81.0 Å². The lowest BCUT2D eigenvalue weighted by Gasteiger charge is -2.34. The summed E-state index contributed by atoms with van der Waals surface area (Å²) >= 11 is 19.1. The Balaban J connectivity index is 0.000000204. The molecule has 0 unspecified atom stereocenters. The van der Waals surface area contributed by atoms with Crippen molar-refractivity contribution in [2.45, 2.75) is 116 Å². The van der Waals surface area contributed by atoms with Crippen LogP contribution in [0.2, 0.25) is 10.0 Å². The first-order valence-electron chi connectivity index (χ1n) is 25.5. The summed E-state index contributed by atoms with van der Waals surface area (Å²) in [5.74, 6) is 2.26. The maximum atomic E-state index is 13.8. The van der Waals surface area contributed by atoms with E-state index in [-0.39, 0.29) is 35.7 Å². The van der Waals surface area contributed by atoms with Crippen molar-refractivity contribution in [3.63, 3.8) is 0 Å². The number of hydrogen-bond donors (Lipinski definition) is 2. The van der Waals surface area contributed by atoms with Crippen LogP contribution in [0.5, 0.6) is 5.75 Å². The van der Waals surface area contributed by atoms with Gasteiger partial charge in [-0.15, -0.1) is 11.6 Å². The molecule has 2 saturated heterocycles. The fraction of sp³-hybridized carbons (Fsp3) is 0.429. The quantitative estimate of drug-likeness (QED) is 0.112. The summed E-state index contributed by atoms with van der Waals surface area (Å²) < 4.78 is 23.9. The van der Waals surface area contributed by atoms with Crippen LogP contribution in [-0.4, -0.2) is 89.9 Å². The van der Waals surface area contributed by atoms with Crippen molar-refractivity contribution in [3.8, 4) is 5.75 Å². The second-order valence-corrected chi connectivity index (χ2v) is 22.3. The molecular formula is C56H67Cl3N10O7. The van der Waals surface area contributed by atoms with Gasteiger partial charge in [0.15, 0.2) is 0 Å². The molecule has 0 radical (unpaired) electrons. The van der Waals surface area contributed by atoms with Crippen molar-refractivity contribution in [2.75, 3.05) is 36.0 Å². The summed E-state index contributed by atoms with van der Waals surface area (Å²) in [5, 5.41) is 7.23. The molecule has 2 N–H and O–H groups in total. The number of halogens is 3. The van der Waals surface area contributed by atoms with Crippen LogP contribution < -0.4 is 36.3 Å². The number of ether oxygens (including phenoxy) is 3. The first-order valence-corrected chi connectivity index (χ1v) is 26.8. The Morgan fingerprint density at radius 2 is 1.05 bits per heavy atom. The highest BCUT2D eigenvalue weighted by atomic mass is 35.5. The number of para-hydroxylation sites is 1. The van der Waals surface area contributed by atoms with E-state index in [9.17, 15) is 19.2 Å². The summed E-state index contributed by atoms with van der Waals surface area (Å²) in [7, 11) is 3.47. The number of nitrogens with zero attached hydrogens (tertiary/aromatic N) is 8. The molecule has 0 saturated carbocycles. The Bertz CT molecular complexity index is 3320. The minimum atomic E-state index is -0.580. The Hall–Kier alpha value is -6.69. The molecule has 9 rings (SSSR count). The van der Waals surface area contributed by atoms with E-state index in [2.05, 4.69) is 20.4 Å². The number of anilines is 2. The van der Waals surface area contributed by atoms with Crippen molar-refractivity contribution < 1.29 is 23.8 Å². The monoisotopic (exact) mass is 1100 g/mol. The smallest absolute Gasteiger partial charge is 0.407 e. The highest BCUT2D eigenvalue weighted by Crippen LogP contribution is 2.30. The third-order valence-corrected chi connectivity index (χ3v) is 14.1. The van der Waals surface area contributed by atoms with E-state index in [4.69, 9.17) is 59.0 Å². The zero-order valence-corrected chi connectivity index (χ0v) is 46.6. The SMILES string of the molecule is Cn1c(CCl)cc2nc(N3CCC[C@@H](NC(=O)OC(C)(C)C)C3)n(Cc3ccccc3Cl)c2c1=O.Cn1c(COc2ccccc2)cc2nc(N3CCC[C@@H](NC(=O)OC(C)(C)C)C3)n(Cc3ccccc3Cl)c2c1=O. The summed E-state index contributed by atoms with van der Waals surface area (Å²) in [6, 6.07) is 28.2. The molecular weight excluding hydrogens is 1030 g/mol. The van der Waals surface area contributed by atoms with Crippen LogP contribution in [0.15, 0.2) is 101 Å². The third kappa shape index (κ3) is 13.5. The second-order valence-electron chi connectivity index (χ2n) is 21.2. The fourth-order valence-electron chi connectivity index (χ4n) is 9.48. The summed E-state index contributed by atoms with van der Waals surface area (Å²) in [5.41, 5.74) is 3.87. The number of pyridine rings is 2. The number of amides is 2. The molecule has 2 fully saturated rings. The van der Waals surface area contributed by atoms with E-state index in [1.807, 2.05) is 142 Å². The standard InChI is InChI=1S/C31H36ClN5O4.C25H31Cl2N5O3/c1-31(2,3)41-30(39)33-22-12-10-16-36(19-22)29-34-26-17-23(20-40-24-13-6-5-7-14-24)35(4)28(38)27(26)37(29)18-21-11-8-9-15-25(21)32;1-25(2,3)35-24(34)28-17-9-7-11-31(15-17)23-29-20-12-18(13-26)30(4)22(33)21(20)32(23)14-16-8-5-6-10-19(16)27/h5-9,11,13-15,17,22H,10,12,16,18-20H2,1-4H3,(H,33,39);5-6,8,10,12,17H,7,9,11,13-15H2,1-4H3,(H,28,34)/t22-;17-/m11/s1. The van der Waals surface area contributed by atoms with Crippen LogP contribution in [0, 0.1) is 0 Å². The van der Waals surface area contributed by atoms with Crippen molar-refractivity contribution in [1.82, 2.24) is 38.9 Å². The van der Waals surface area contributed by atoms with Gasteiger partial charge in [-0.2, -0.15) is 0 Å². The maximum absolute atomic E-state index is 13.8. The molecule has 20 heteroatoms. The number of alkyl carbamates (subject to hydrolysis) is 2. The van der Waals surface area contributed by atoms with E-state index in [1.54, 1.807) is 23.2 Å². The Labute approximate surface area is 457 Å². The van der Waals surface area contributed by atoms with Gasteiger partial charge in [0.2, 0.25) is 11.9 Å². The summed E-state index contributed by atoms with van der Waals surface area (Å²) in [6.07, 6.45) is 2.49. The van der Waals surface area contributed by atoms with Gasteiger partial charge in [-0.25, -0.2) is 19.6 Å². The van der Waals surface area contributed by atoms with Gasteiger partial charge >= 0.3 is 12.2 Å². The van der Waals surface area contributed by atoms with E-state index in [1.165, 1.54) is 0 Å². The predicted molar refractivity (Wildman–Crippen MR) is 301 cm³/mol. The number of alkyl halides is 1. The predicted octanol–water partition coefficient (Wildman–Crippen LogP) is 10.2. The summed E-state index contributed by atoms with van der Waals surface area (Å²) in [6.45, 7) is 14.6. The van der Waals surface area contributed by atoms with Gasteiger partial charge in [0, 0.05) is 68.1 Å². The van der Waals surface area contributed by atoms with Crippen LogP contribution in [0.25, 0.3) is 22.1 Å². The molecule has 7 aromatic rings. The number of rotatable bonds is 12. The van der Waals surface area contributed by atoms with Gasteiger partial charge < -0.3 is 52.9 Å². The highest BCUT2D eigenvalue weighted by Gasteiger charge is 2.31. The number of piperidine rings is 2. The Kier molecular flexibility index (Phi) is 17.3. The van der Waals surface area contributed by atoms with Crippen LogP contribution in [0.4, 0.5) is 21.5 Å². The molecule has 6 heterocycles. The number of imidazole rings is 2. The van der Waals surface area contributed by atoms with Gasteiger partial charge in [0.25, 0.3) is 11.1 Å². The van der Waals surface area contributed by atoms with Crippen molar-refractivity contribution in [1.29, 1.82) is 0 Å². The molecule has 2 amide bonds. The summed E-state index contributed by atoms with van der Waals surface area (Å²) in [4.78, 5) is 66.1. The van der Waals surface area contributed by atoms with Crippen molar-refractivity contribution in [2.24, 2.45) is 14.1 Å². The highest BCUT2D eigenvalue weighted by molar-refractivity contribution is 6.31. The van der Waals surface area contributed by atoms with Gasteiger partial charge in [-0.1, -0.05) is 77.8 Å². The lowest BCUT2D eigenvalue weighted by atomic mass is 10.1. The van der Waals surface area contributed by atoms with Gasteiger partial charge in [0.1, 0.15) is 34.6 Å². The maximum Gasteiger partial charge on any atom is 0.407 e. The minimum absolute atomic E-state index is 0.103. The average molecular weight is 1100 g/mol. The van der Waals surface area contributed by atoms with Crippen molar-refractivity contribution in [3.05, 3.63) is 144 Å². The van der Waals surface area contributed by atoms with Crippen LogP contribution in [0.3, 0.4) is 0 Å². The molecule has 4 aromatic heterocycles. The van der Waals surface area contributed by atoms with E-state index < -0.39 is 23.4 Å². The molecule has 2 atom stereocenters. The largest absolute Gasteiger partial charge is 0.487 e. The molecule has 0 spiro atoms. The van der Waals surface area contributed by atoms with Gasteiger partial charge in [-0.3, -0.25) is 9.59 Å². The topological polar surface area (TPSA) is 172 Å². The van der Waals surface area contributed by atoms with E-state index >= 15 is 0 Å². The molecule has 2 aliphatic heterocycles. The number of nitrogens with one attached hydrogen (secondary N) is 2. The zero-order chi connectivity index (χ0) is 54.5. The minimum Gasteiger partial charge on any atom is -0.487 e. The number of fused-ring (bicyclic) bond motifs is 2. The molecule has 404 valence electrons. The molecule has 76 heavy (non-hydrogen) atoms. The zero-order valence-electron chi connectivity index (χ0n) is 44.4. The first-order chi connectivity index (χ1) is 36.2.